The SMILES string of the molecule is CNC(=O)c1cccc(Oc2ccnc3cc(Br)ccc23)c1C. The Morgan fingerprint density at radius 3 is 2.78 bits per heavy atom. The van der Waals surface area contributed by atoms with Crippen molar-refractivity contribution < 1.29 is 9.53 Å². The molecule has 23 heavy (non-hydrogen) atoms. The quantitative estimate of drug-likeness (QED) is 0.740. The lowest BCUT2D eigenvalue weighted by Gasteiger charge is -2.13. The number of nitrogens with zero attached hydrogens (tertiary/aromatic N) is 1. The molecule has 0 aliphatic carbocycles. The molecule has 0 unspecified atom stereocenters. The van der Waals surface area contributed by atoms with E-state index in [4.69, 9.17) is 4.74 Å². The summed E-state index contributed by atoms with van der Waals surface area (Å²) in [5, 5.41) is 3.56. The molecule has 0 atom stereocenters. The first-order valence-corrected chi connectivity index (χ1v) is 7.93. The molecule has 5 heteroatoms. The predicted octanol–water partition coefficient (Wildman–Crippen LogP) is 4.46. The minimum atomic E-state index is -0.128. The summed E-state index contributed by atoms with van der Waals surface area (Å²) in [5.74, 6) is 1.23. The summed E-state index contributed by atoms with van der Waals surface area (Å²) in [6.07, 6.45) is 1.71. The van der Waals surface area contributed by atoms with Gasteiger partial charge in [0.05, 0.1) is 5.52 Å². The maximum Gasteiger partial charge on any atom is 0.251 e. The number of hydrogen-bond acceptors (Lipinski definition) is 3. The zero-order chi connectivity index (χ0) is 16.4. The molecule has 0 fully saturated rings. The van der Waals surface area contributed by atoms with Gasteiger partial charge in [-0.05, 0) is 43.3 Å². The highest BCUT2D eigenvalue weighted by molar-refractivity contribution is 9.10. The van der Waals surface area contributed by atoms with Crippen LogP contribution in [0.1, 0.15) is 15.9 Å². The summed E-state index contributed by atoms with van der Waals surface area (Å²) in [5.41, 5.74) is 2.25. The number of hydrogen-bond donors (Lipinski definition) is 1. The maximum atomic E-state index is 11.9. The van der Waals surface area contributed by atoms with Gasteiger partial charge in [-0.3, -0.25) is 9.78 Å². The minimum absolute atomic E-state index is 0.128. The predicted molar refractivity (Wildman–Crippen MR) is 94.1 cm³/mol. The van der Waals surface area contributed by atoms with Crippen molar-refractivity contribution in [2.45, 2.75) is 6.92 Å². The van der Waals surface area contributed by atoms with Crippen LogP contribution in [0.15, 0.2) is 53.1 Å². The summed E-state index contributed by atoms with van der Waals surface area (Å²) in [4.78, 5) is 16.3. The number of pyridine rings is 1. The van der Waals surface area contributed by atoms with Gasteiger partial charge in [0.15, 0.2) is 0 Å². The van der Waals surface area contributed by atoms with Gasteiger partial charge >= 0.3 is 0 Å². The zero-order valence-corrected chi connectivity index (χ0v) is 14.3. The molecule has 0 radical (unpaired) electrons. The molecule has 1 heterocycles. The van der Waals surface area contributed by atoms with Crippen molar-refractivity contribution in [1.82, 2.24) is 10.3 Å². The van der Waals surface area contributed by atoms with Gasteiger partial charge in [-0.25, -0.2) is 0 Å². The number of fused-ring (bicyclic) bond motifs is 1. The first kappa shape index (κ1) is 15.5. The smallest absolute Gasteiger partial charge is 0.251 e. The minimum Gasteiger partial charge on any atom is -0.456 e. The summed E-state index contributed by atoms with van der Waals surface area (Å²) < 4.78 is 7.03. The van der Waals surface area contributed by atoms with Crippen LogP contribution in [0.2, 0.25) is 0 Å². The molecule has 116 valence electrons. The number of nitrogens with one attached hydrogen (secondary N) is 1. The monoisotopic (exact) mass is 370 g/mol. The van der Waals surface area contributed by atoms with Crippen LogP contribution in [-0.4, -0.2) is 17.9 Å². The van der Waals surface area contributed by atoms with Crippen LogP contribution in [0, 0.1) is 6.92 Å². The van der Waals surface area contributed by atoms with Crippen molar-refractivity contribution >= 4 is 32.7 Å². The molecule has 0 aliphatic rings. The van der Waals surface area contributed by atoms with Crippen molar-refractivity contribution in [3.8, 4) is 11.5 Å². The normalized spacial score (nSPS) is 10.6. The van der Waals surface area contributed by atoms with Crippen molar-refractivity contribution in [3.63, 3.8) is 0 Å². The Morgan fingerprint density at radius 2 is 2.00 bits per heavy atom. The molecule has 3 aromatic rings. The highest BCUT2D eigenvalue weighted by Gasteiger charge is 2.12. The standard InChI is InChI=1S/C18H15BrN2O2/c1-11-13(18(22)20-2)4-3-5-16(11)23-17-8-9-21-15-10-12(19)6-7-14(15)17/h3-10H,1-2H3,(H,20,22). The Labute approximate surface area is 142 Å². The van der Waals surface area contributed by atoms with E-state index in [1.54, 1.807) is 19.3 Å². The van der Waals surface area contributed by atoms with Gasteiger partial charge in [0.25, 0.3) is 5.91 Å². The Bertz CT molecular complexity index is 893. The lowest BCUT2D eigenvalue weighted by Crippen LogP contribution is -2.19. The summed E-state index contributed by atoms with van der Waals surface area (Å²) in [6, 6.07) is 13.1. The fraction of sp³-hybridized carbons (Fsp3) is 0.111. The molecule has 2 aromatic carbocycles. The van der Waals surface area contributed by atoms with Gasteiger partial charge in [-0.15, -0.1) is 0 Å². The molecule has 1 N–H and O–H groups in total. The Balaban J connectivity index is 2.05. The highest BCUT2D eigenvalue weighted by Crippen LogP contribution is 2.32. The second-order valence-corrected chi connectivity index (χ2v) is 6.00. The molecule has 1 amide bonds. The molecular weight excluding hydrogens is 356 g/mol. The molecule has 0 spiro atoms. The van der Waals surface area contributed by atoms with E-state index in [2.05, 4.69) is 26.2 Å². The first-order valence-electron chi connectivity index (χ1n) is 7.14. The average Bonchev–Trinajstić information content (AvgIpc) is 2.56. The second kappa shape index (κ2) is 6.38. The highest BCUT2D eigenvalue weighted by atomic mass is 79.9. The van der Waals surface area contributed by atoms with Gasteiger partial charge in [0.1, 0.15) is 11.5 Å². The molecule has 1 aromatic heterocycles. The Kier molecular flexibility index (Phi) is 4.30. The lowest BCUT2D eigenvalue weighted by molar-refractivity contribution is 0.0962. The Morgan fingerprint density at radius 1 is 1.17 bits per heavy atom. The van der Waals surface area contributed by atoms with E-state index in [1.807, 2.05) is 43.3 Å². The number of benzene rings is 2. The molecule has 0 aliphatic heterocycles. The van der Waals surface area contributed by atoms with Crippen molar-refractivity contribution in [3.05, 3.63) is 64.3 Å². The van der Waals surface area contributed by atoms with Gasteiger partial charge in [-0.1, -0.05) is 22.0 Å². The number of halogens is 1. The molecule has 3 rings (SSSR count). The largest absolute Gasteiger partial charge is 0.456 e. The van der Waals surface area contributed by atoms with Crippen LogP contribution < -0.4 is 10.1 Å². The molecule has 0 saturated carbocycles. The number of ether oxygens (including phenoxy) is 1. The van der Waals surface area contributed by atoms with Crippen LogP contribution >= 0.6 is 15.9 Å². The van der Waals surface area contributed by atoms with Gasteiger partial charge in [-0.2, -0.15) is 0 Å². The fourth-order valence-electron chi connectivity index (χ4n) is 2.41. The Hall–Kier alpha value is -2.40. The molecule has 0 bridgehead atoms. The molecule has 0 saturated heterocycles. The molecule has 4 nitrogen and oxygen atoms in total. The third kappa shape index (κ3) is 3.05. The second-order valence-electron chi connectivity index (χ2n) is 5.08. The number of carbonyl (C=O) groups is 1. The summed E-state index contributed by atoms with van der Waals surface area (Å²) in [6.45, 7) is 1.87. The first-order chi connectivity index (χ1) is 11.1. The lowest BCUT2D eigenvalue weighted by atomic mass is 10.1. The number of rotatable bonds is 3. The van der Waals surface area contributed by atoms with Crippen LogP contribution in [0.5, 0.6) is 11.5 Å². The molecular formula is C18H15BrN2O2. The number of carbonyl (C=O) groups excluding carboxylic acids is 1. The van der Waals surface area contributed by atoms with Crippen LogP contribution in [0.3, 0.4) is 0 Å². The third-order valence-corrected chi connectivity index (χ3v) is 4.13. The zero-order valence-electron chi connectivity index (χ0n) is 12.8. The number of amides is 1. The van der Waals surface area contributed by atoms with Gasteiger partial charge < -0.3 is 10.1 Å². The van der Waals surface area contributed by atoms with Crippen LogP contribution in [0.4, 0.5) is 0 Å². The number of aromatic nitrogens is 1. The third-order valence-electron chi connectivity index (χ3n) is 3.64. The fourth-order valence-corrected chi connectivity index (χ4v) is 2.76. The van der Waals surface area contributed by atoms with Crippen LogP contribution in [-0.2, 0) is 0 Å². The average molecular weight is 371 g/mol. The van der Waals surface area contributed by atoms with E-state index in [0.29, 0.717) is 17.1 Å². The van der Waals surface area contributed by atoms with E-state index in [9.17, 15) is 4.79 Å². The maximum absolute atomic E-state index is 11.9. The van der Waals surface area contributed by atoms with E-state index < -0.39 is 0 Å². The van der Waals surface area contributed by atoms with E-state index >= 15 is 0 Å². The van der Waals surface area contributed by atoms with E-state index in [1.165, 1.54) is 0 Å². The summed E-state index contributed by atoms with van der Waals surface area (Å²) >= 11 is 3.44. The summed E-state index contributed by atoms with van der Waals surface area (Å²) in [7, 11) is 1.61. The van der Waals surface area contributed by atoms with Crippen molar-refractivity contribution in [2.24, 2.45) is 0 Å². The van der Waals surface area contributed by atoms with E-state index in [0.717, 1.165) is 20.9 Å². The topological polar surface area (TPSA) is 51.2 Å². The van der Waals surface area contributed by atoms with Gasteiger partial charge in [0.2, 0.25) is 0 Å². The van der Waals surface area contributed by atoms with Crippen molar-refractivity contribution in [2.75, 3.05) is 7.05 Å². The van der Waals surface area contributed by atoms with Crippen LogP contribution in [0.25, 0.3) is 10.9 Å². The van der Waals surface area contributed by atoms with Gasteiger partial charge in [0, 0.05) is 34.2 Å². The van der Waals surface area contributed by atoms with Crippen molar-refractivity contribution in [1.29, 1.82) is 0 Å². The van der Waals surface area contributed by atoms with E-state index in [-0.39, 0.29) is 5.91 Å².